The van der Waals surface area contributed by atoms with Crippen LogP contribution in [-0.2, 0) is 32.2 Å². The van der Waals surface area contributed by atoms with Gasteiger partial charge in [0.15, 0.2) is 5.44 Å². The Hall–Kier alpha value is -1.82. The van der Waals surface area contributed by atoms with Crippen LogP contribution in [0, 0.1) is 0 Å². The second kappa shape index (κ2) is 9.76. The molecule has 0 bridgehead atoms. The van der Waals surface area contributed by atoms with Gasteiger partial charge in [0.05, 0.1) is 31.2 Å². The summed E-state index contributed by atoms with van der Waals surface area (Å²) in [5, 5.41) is 0.145. The predicted molar refractivity (Wildman–Crippen MR) is 103 cm³/mol. The molecule has 1 aliphatic rings. The van der Waals surface area contributed by atoms with Crippen LogP contribution in [0.2, 0.25) is 0 Å². The monoisotopic (exact) mass is 372 g/mol. The number of ether oxygens (including phenoxy) is 3. The Morgan fingerprint density at radius 1 is 1.00 bits per heavy atom. The van der Waals surface area contributed by atoms with Gasteiger partial charge in [0.25, 0.3) is 0 Å². The Labute approximate surface area is 158 Å². The molecule has 1 heterocycles. The first-order valence-electron chi connectivity index (χ1n) is 8.80. The van der Waals surface area contributed by atoms with Gasteiger partial charge in [-0.15, -0.1) is 11.8 Å². The number of carbonyl (C=O) groups excluding carboxylic acids is 1. The summed E-state index contributed by atoms with van der Waals surface area (Å²) < 4.78 is 17.4. The highest BCUT2D eigenvalue weighted by Gasteiger charge is 2.37. The lowest BCUT2D eigenvalue weighted by Crippen LogP contribution is -2.26. The van der Waals surface area contributed by atoms with Crippen molar-refractivity contribution in [2.24, 2.45) is 0 Å². The summed E-state index contributed by atoms with van der Waals surface area (Å²) in [6, 6.07) is 20.2. The number of benzene rings is 2. The third kappa shape index (κ3) is 5.87. The van der Waals surface area contributed by atoms with Gasteiger partial charge in [-0.2, -0.15) is 0 Å². The van der Waals surface area contributed by atoms with Crippen LogP contribution < -0.4 is 0 Å². The van der Waals surface area contributed by atoms with Crippen molar-refractivity contribution in [3.05, 3.63) is 71.8 Å². The molecule has 0 amide bonds. The van der Waals surface area contributed by atoms with Crippen LogP contribution >= 0.6 is 11.8 Å². The van der Waals surface area contributed by atoms with Crippen molar-refractivity contribution in [3.63, 3.8) is 0 Å². The van der Waals surface area contributed by atoms with Crippen LogP contribution in [0.5, 0.6) is 0 Å². The van der Waals surface area contributed by atoms with Gasteiger partial charge in [-0.05, 0) is 11.1 Å². The largest absolute Gasteiger partial charge is 0.451 e. The van der Waals surface area contributed by atoms with E-state index in [0.29, 0.717) is 26.2 Å². The Morgan fingerprint density at radius 3 is 2.23 bits per heavy atom. The molecule has 26 heavy (non-hydrogen) atoms. The molecule has 0 aliphatic carbocycles. The molecule has 2 aromatic rings. The van der Waals surface area contributed by atoms with Crippen LogP contribution in [-0.4, -0.2) is 29.4 Å². The van der Waals surface area contributed by atoms with Crippen LogP contribution in [0.15, 0.2) is 60.7 Å². The first-order chi connectivity index (χ1) is 12.7. The van der Waals surface area contributed by atoms with Crippen molar-refractivity contribution in [3.8, 4) is 0 Å². The highest BCUT2D eigenvalue weighted by atomic mass is 32.2. The molecule has 0 aromatic heterocycles. The number of esters is 1. The Bertz CT molecular complexity index is 677. The maximum absolute atomic E-state index is 11.3. The zero-order chi connectivity index (χ0) is 18.2. The van der Waals surface area contributed by atoms with Crippen molar-refractivity contribution in [1.29, 1.82) is 0 Å². The Morgan fingerprint density at radius 2 is 1.62 bits per heavy atom. The van der Waals surface area contributed by atoms with Crippen LogP contribution in [0.3, 0.4) is 0 Å². The van der Waals surface area contributed by atoms with E-state index in [1.165, 1.54) is 6.92 Å². The SMILES string of the molecule is CC(=O)O[C@H]1C[C@@H](OCc2ccccc2)[C@H](COCc2ccccc2)S1. The molecule has 1 fully saturated rings. The molecule has 0 radical (unpaired) electrons. The summed E-state index contributed by atoms with van der Waals surface area (Å²) >= 11 is 1.62. The number of hydrogen-bond acceptors (Lipinski definition) is 5. The zero-order valence-electron chi connectivity index (χ0n) is 14.9. The van der Waals surface area contributed by atoms with Crippen LogP contribution in [0.25, 0.3) is 0 Å². The molecule has 2 aromatic carbocycles. The van der Waals surface area contributed by atoms with E-state index in [1.54, 1.807) is 11.8 Å². The molecule has 1 aliphatic heterocycles. The highest BCUT2D eigenvalue weighted by Crippen LogP contribution is 2.37. The highest BCUT2D eigenvalue weighted by molar-refractivity contribution is 8.00. The first kappa shape index (κ1) is 19.0. The maximum atomic E-state index is 11.3. The van der Waals surface area contributed by atoms with Gasteiger partial charge in [0, 0.05) is 13.3 Å². The molecule has 0 saturated carbocycles. The van der Waals surface area contributed by atoms with E-state index in [0.717, 1.165) is 11.1 Å². The van der Waals surface area contributed by atoms with E-state index in [4.69, 9.17) is 14.2 Å². The van der Waals surface area contributed by atoms with E-state index < -0.39 is 0 Å². The lowest BCUT2D eigenvalue weighted by molar-refractivity contribution is -0.143. The van der Waals surface area contributed by atoms with Crippen LogP contribution in [0.1, 0.15) is 24.5 Å². The average molecular weight is 372 g/mol. The quantitative estimate of drug-likeness (QED) is 0.651. The van der Waals surface area contributed by atoms with Crippen molar-refractivity contribution in [2.75, 3.05) is 6.61 Å². The fourth-order valence-corrected chi connectivity index (χ4v) is 4.33. The van der Waals surface area contributed by atoms with Crippen molar-refractivity contribution in [2.45, 2.75) is 43.3 Å². The Balaban J connectivity index is 1.53. The van der Waals surface area contributed by atoms with Gasteiger partial charge in [-0.1, -0.05) is 60.7 Å². The van der Waals surface area contributed by atoms with Gasteiger partial charge in [-0.25, -0.2) is 0 Å². The molecule has 3 atom stereocenters. The average Bonchev–Trinajstić information content (AvgIpc) is 3.02. The fraction of sp³-hybridized carbons (Fsp3) is 0.381. The summed E-state index contributed by atoms with van der Waals surface area (Å²) in [5.74, 6) is -0.254. The lowest BCUT2D eigenvalue weighted by Gasteiger charge is -2.19. The zero-order valence-corrected chi connectivity index (χ0v) is 15.7. The van der Waals surface area contributed by atoms with Crippen molar-refractivity contribution >= 4 is 17.7 Å². The van der Waals surface area contributed by atoms with Gasteiger partial charge in [0.2, 0.25) is 0 Å². The second-order valence-electron chi connectivity index (χ2n) is 6.29. The molecule has 3 rings (SSSR count). The first-order valence-corrected chi connectivity index (χ1v) is 9.75. The third-order valence-corrected chi connectivity index (χ3v) is 5.55. The third-order valence-electron chi connectivity index (χ3n) is 4.16. The molecule has 1 saturated heterocycles. The molecular formula is C21H24O4S. The molecule has 5 heteroatoms. The summed E-state index contributed by atoms with van der Waals surface area (Å²) in [5.41, 5.74) is 2.12. The second-order valence-corrected chi connectivity index (χ2v) is 7.69. The van der Waals surface area contributed by atoms with Crippen LogP contribution in [0.4, 0.5) is 0 Å². The fourth-order valence-electron chi connectivity index (χ4n) is 2.91. The molecule has 138 valence electrons. The minimum Gasteiger partial charge on any atom is -0.451 e. The molecule has 0 N–H and O–H groups in total. The predicted octanol–water partition coefficient (Wildman–Crippen LogP) is 4.18. The molecule has 0 unspecified atom stereocenters. The van der Waals surface area contributed by atoms with E-state index in [1.807, 2.05) is 60.7 Å². The van der Waals surface area contributed by atoms with E-state index >= 15 is 0 Å². The number of thioether (sulfide) groups is 1. The number of rotatable bonds is 8. The smallest absolute Gasteiger partial charge is 0.303 e. The topological polar surface area (TPSA) is 44.8 Å². The summed E-state index contributed by atoms with van der Waals surface area (Å²) in [4.78, 5) is 11.3. The van der Waals surface area contributed by atoms with E-state index in [9.17, 15) is 4.79 Å². The summed E-state index contributed by atoms with van der Waals surface area (Å²) in [7, 11) is 0. The lowest BCUT2D eigenvalue weighted by atomic mass is 10.2. The van der Waals surface area contributed by atoms with Gasteiger partial charge in [-0.3, -0.25) is 4.79 Å². The minimum atomic E-state index is -0.254. The standard InChI is InChI=1S/C21H24O4S/c1-16(22)25-21-12-19(24-14-18-10-6-3-7-11-18)20(26-21)15-23-13-17-8-4-2-5-9-17/h2-11,19-21H,12-15H2,1H3/t19-,20+,21-/m1/s1. The van der Waals surface area contributed by atoms with Gasteiger partial charge in [0.1, 0.15) is 0 Å². The van der Waals surface area contributed by atoms with Crippen molar-refractivity contribution < 1.29 is 19.0 Å². The van der Waals surface area contributed by atoms with Gasteiger partial charge < -0.3 is 14.2 Å². The molecule has 0 spiro atoms. The minimum absolute atomic E-state index is 0.000305. The molecular weight excluding hydrogens is 348 g/mol. The normalized spacial score (nSPS) is 22.3. The molecule has 4 nitrogen and oxygen atoms in total. The van der Waals surface area contributed by atoms with E-state index in [-0.39, 0.29) is 22.8 Å². The summed E-state index contributed by atoms with van der Waals surface area (Å²) in [6.07, 6.45) is 0.691. The number of hydrogen-bond donors (Lipinski definition) is 0. The van der Waals surface area contributed by atoms with E-state index in [2.05, 4.69) is 0 Å². The maximum Gasteiger partial charge on any atom is 0.303 e. The summed E-state index contributed by atoms with van der Waals surface area (Å²) in [6.45, 7) is 3.13. The van der Waals surface area contributed by atoms with Crippen molar-refractivity contribution in [1.82, 2.24) is 0 Å². The Kier molecular flexibility index (Phi) is 7.12. The van der Waals surface area contributed by atoms with Gasteiger partial charge >= 0.3 is 5.97 Å². The number of carbonyl (C=O) groups is 1.